The molecule has 2 aromatic heterocycles. The van der Waals surface area contributed by atoms with Crippen LogP contribution in [0.15, 0.2) is 39.5 Å². The summed E-state index contributed by atoms with van der Waals surface area (Å²) in [6.45, 7) is 0. The van der Waals surface area contributed by atoms with Gasteiger partial charge in [0.05, 0.1) is 5.02 Å². The lowest BCUT2D eigenvalue weighted by atomic mass is 10.1. The van der Waals surface area contributed by atoms with Crippen LogP contribution in [0.3, 0.4) is 0 Å². The number of rotatable bonds is 6. The summed E-state index contributed by atoms with van der Waals surface area (Å²) in [7, 11) is -4.85. The van der Waals surface area contributed by atoms with Crippen molar-refractivity contribution in [2.45, 2.75) is 6.04 Å². The van der Waals surface area contributed by atoms with Crippen LogP contribution in [-0.4, -0.2) is 56.7 Å². The number of benzene rings is 1. The molecule has 1 unspecified atom stereocenters. The second-order valence-electron chi connectivity index (χ2n) is 6.32. The third kappa shape index (κ3) is 4.93. The smallest absolute Gasteiger partial charge is 0.356 e. The molecule has 2 heterocycles. The molecule has 1 amide bonds. The summed E-state index contributed by atoms with van der Waals surface area (Å²) >= 11 is 5.78. The zero-order valence-electron chi connectivity index (χ0n) is 15.6. The second-order valence-corrected chi connectivity index (χ2v) is 8.22. The number of nitrogens with one attached hydrogen (secondary N) is 1. The van der Waals surface area contributed by atoms with Gasteiger partial charge in [0.2, 0.25) is 11.8 Å². The van der Waals surface area contributed by atoms with Crippen molar-refractivity contribution in [2.75, 3.05) is 5.75 Å². The average molecular weight is 489 g/mol. The Morgan fingerprint density at radius 2 is 1.78 bits per heavy atom. The van der Waals surface area contributed by atoms with Crippen LogP contribution >= 0.6 is 11.6 Å². The molecule has 0 saturated carbocycles. The Morgan fingerprint density at radius 1 is 1.16 bits per heavy atom. The summed E-state index contributed by atoms with van der Waals surface area (Å²) < 4.78 is 36.8. The highest BCUT2D eigenvalue weighted by molar-refractivity contribution is 7.85. The third-order valence-electron chi connectivity index (χ3n) is 3.99. The van der Waals surface area contributed by atoms with E-state index in [-0.39, 0.29) is 26.5 Å². The van der Waals surface area contributed by atoms with E-state index >= 15 is 0 Å². The van der Waals surface area contributed by atoms with E-state index in [2.05, 4.69) is 4.84 Å². The van der Waals surface area contributed by atoms with Crippen molar-refractivity contribution in [1.82, 2.24) is 10.0 Å². The molecular formula is C17H13ClN2O11S. The van der Waals surface area contributed by atoms with E-state index in [0.29, 0.717) is 0 Å². The number of phenolic OH excluding ortho intramolecular Hbond substituents is 1. The average Bonchev–Trinajstić information content (AvgIpc) is 2.99. The molecule has 15 heteroatoms. The zero-order chi connectivity index (χ0) is 23.8. The second kappa shape index (κ2) is 8.41. The number of aromatic nitrogens is 1. The lowest BCUT2D eigenvalue weighted by Gasteiger charge is -2.16. The molecular weight excluding hydrogens is 476 g/mol. The Labute approximate surface area is 182 Å². The molecule has 0 aliphatic carbocycles. The summed E-state index contributed by atoms with van der Waals surface area (Å²) in [5.74, 6) is -6.01. The topological polar surface area (TPSA) is 206 Å². The molecule has 0 bridgehead atoms. The van der Waals surface area contributed by atoms with E-state index in [1.165, 1.54) is 6.07 Å². The fraction of sp³-hybridized carbons (Fsp3) is 0.118. The summed E-state index contributed by atoms with van der Waals surface area (Å²) in [6, 6.07) is 3.06. The van der Waals surface area contributed by atoms with Crippen molar-refractivity contribution in [3.63, 3.8) is 0 Å². The van der Waals surface area contributed by atoms with Crippen molar-refractivity contribution in [2.24, 2.45) is 0 Å². The summed E-state index contributed by atoms with van der Waals surface area (Å²) in [5.41, 5.74) is -1.98. The first-order chi connectivity index (χ1) is 14.9. The Morgan fingerprint density at radius 3 is 2.38 bits per heavy atom. The minimum absolute atomic E-state index is 0.110. The number of aromatic hydroxyl groups is 3. The maximum atomic E-state index is 12.6. The Hall–Kier alpha value is -3.75. The molecule has 3 rings (SSSR count). The SMILES string of the molecule is O=C(NC(CS(=O)(=O)O)C(=O)On1c(O)ccc1O)c1cc2cc(Cl)c(O)cc2oc1=O. The quantitative estimate of drug-likeness (QED) is 0.230. The predicted octanol–water partition coefficient (Wildman–Crippen LogP) is 0.00630. The van der Waals surface area contributed by atoms with Gasteiger partial charge in [-0.3, -0.25) is 9.35 Å². The molecule has 0 aliphatic rings. The van der Waals surface area contributed by atoms with Crippen molar-refractivity contribution < 1.29 is 47.1 Å². The Bertz CT molecular complexity index is 1370. The molecule has 1 atom stereocenters. The maximum Gasteiger partial charge on any atom is 0.356 e. The third-order valence-corrected chi connectivity index (χ3v) is 5.05. The van der Waals surface area contributed by atoms with Gasteiger partial charge in [0.25, 0.3) is 16.0 Å². The van der Waals surface area contributed by atoms with Crippen molar-refractivity contribution in [3.05, 3.63) is 51.3 Å². The lowest BCUT2D eigenvalue weighted by molar-refractivity contribution is -0.147. The van der Waals surface area contributed by atoms with Gasteiger partial charge in [0, 0.05) is 23.6 Å². The van der Waals surface area contributed by atoms with Crippen LogP contribution in [0.1, 0.15) is 10.4 Å². The van der Waals surface area contributed by atoms with Gasteiger partial charge < -0.3 is 29.9 Å². The summed E-state index contributed by atoms with van der Waals surface area (Å²) in [4.78, 5) is 41.7. The number of carbonyl (C=O) groups excluding carboxylic acids is 2. The van der Waals surface area contributed by atoms with E-state index in [4.69, 9.17) is 20.6 Å². The molecule has 0 spiro atoms. The van der Waals surface area contributed by atoms with Crippen LogP contribution in [0, 0.1) is 0 Å². The zero-order valence-corrected chi connectivity index (χ0v) is 17.1. The number of phenols is 1. The van der Waals surface area contributed by atoms with E-state index in [1.807, 2.05) is 5.32 Å². The first-order valence-corrected chi connectivity index (χ1v) is 10.4. The van der Waals surface area contributed by atoms with E-state index in [0.717, 1.165) is 24.3 Å². The molecule has 0 fully saturated rings. The normalized spacial score (nSPS) is 12.4. The number of fused-ring (bicyclic) bond motifs is 1. The highest BCUT2D eigenvalue weighted by Gasteiger charge is 2.31. The standard InChI is InChI=1S/C17H13ClN2O11S/c18-9-4-7-3-8(16(25)30-12(7)5-11(9)21)15(24)19-10(6-32(27,28)29)17(26)31-20-13(22)1-2-14(20)23/h1-5,10,21-23H,6H2,(H,19,24)(H,27,28,29). The summed E-state index contributed by atoms with van der Waals surface area (Å²) in [6.07, 6.45) is 0. The van der Waals surface area contributed by atoms with Crippen LogP contribution in [0.4, 0.5) is 0 Å². The van der Waals surface area contributed by atoms with Crippen LogP contribution in [-0.2, 0) is 14.9 Å². The van der Waals surface area contributed by atoms with Crippen LogP contribution in [0.5, 0.6) is 17.5 Å². The molecule has 170 valence electrons. The van der Waals surface area contributed by atoms with Crippen molar-refractivity contribution in [1.29, 1.82) is 0 Å². The maximum absolute atomic E-state index is 12.6. The van der Waals surface area contributed by atoms with Gasteiger partial charge in [0.1, 0.15) is 28.7 Å². The van der Waals surface area contributed by atoms with Gasteiger partial charge in [-0.1, -0.05) is 11.6 Å². The molecule has 0 aliphatic heterocycles. The molecule has 0 saturated heterocycles. The highest BCUT2D eigenvalue weighted by atomic mass is 35.5. The van der Waals surface area contributed by atoms with Gasteiger partial charge >= 0.3 is 11.6 Å². The van der Waals surface area contributed by atoms with Gasteiger partial charge in [-0.2, -0.15) is 8.42 Å². The number of amides is 1. The molecule has 0 radical (unpaired) electrons. The monoisotopic (exact) mass is 488 g/mol. The Kier molecular flexibility index (Phi) is 6.03. The van der Waals surface area contributed by atoms with Gasteiger partial charge in [-0.15, -0.1) is 4.73 Å². The molecule has 32 heavy (non-hydrogen) atoms. The van der Waals surface area contributed by atoms with Crippen LogP contribution in [0.2, 0.25) is 5.02 Å². The Balaban J connectivity index is 1.93. The van der Waals surface area contributed by atoms with Crippen molar-refractivity contribution >= 4 is 44.6 Å². The predicted molar refractivity (Wildman–Crippen MR) is 106 cm³/mol. The number of hydrogen-bond acceptors (Lipinski definition) is 10. The van der Waals surface area contributed by atoms with Gasteiger partial charge in [0.15, 0.2) is 0 Å². The molecule has 13 nitrogen and oxygen atoms in total. The van der Waals surface area contributed by atoms with Crippen molar-refractivity contribution in [3.8, 4) is 17.5 Å². The van der Waals surface area contributed by atoms with Gasteiger partial charge in [-0.25, -0.2) is 9.59 Å². The van der Waals surface area contributed by atoms with E-state index in [9.17, 15) is 38.1 Å². The lowest BCUT2D eigenvalue weighted by Crippen LogP contribution is -2.49. The largest absolute Gasteiger partial charge is 0.506 e. The van der Waals surface area contributed by atoms with E-state index in [1.54, 1.807) is 0 Å². The van der Waals surface area contributed by atoms with Crippen LogP contribution < -0.4 is 15.8 Å². The fourth-order valence-electron chi connectivity index (χ4n) is 2.55. The highest BCUT2D eigenvalue weighted by Crippen LogP contribution is 2.28. The first kappa shape index (κ1) is 22.9. The van der Waals surface area contributed by atoms with Gasteiger partial charge in [-0.05, 0) is 12.1 Å². The molecule has 3 aromatic rings. The molecule has 1 aromatic carbocycles. The summed E-state index contributed by atoms with van der Waals surface area (Å²) in [5, 5.41) is 30.5. The molecule has 5 N–H and O–H groups in total. The fourth-order valence-corrected chi connectivity index (χ4v) is 3.36. The number of carbonyl (C=O) groups is 2. The number of nitrogens with zero attached hydrogens (tertiary/aromatic N) is 1. The minimum Gasteiger partial charge on any atom is -0.506 e. The van der Waals surface area contributed by atoms with E-state index < -0.39 is 56.7 Å². The first-order valence-electron chi connectivity index (χ1n) is 8.40. The minimum atomic E-state index is -4.85. The number of halogens is 1. The number of hydrogen-bond donors (Lipinski definition) is 5. The van der Waals surface area contributed by atoms with Crippen LogP contribution in [0.25, 0.3) is 11.0 Å².